The molecule has 0 atom stereocenters. The predicted octanol–water partition coefficient (Wildman–Crippen LogP) is 1.95. The monoisotopic (exact) mass is 446 g/mol. The van der Waals surface area contributed by atoms with E-state index in [1.54, 1.807) is 18.1 Å². The molecule has 0 saturated carbocycles. The number of carbonyl (C=O) groups is 2. The van der Waals surface area contributed by atoms with Gasteiger partial charge in [0.1, 0.15) is 12.4 Å². The lowest BCUT2D eigenvalue weighted by atomic mass is 9.93. The smallest absolute Gasteiger partial charge is 0.418 e. The Morgan fingerprint density at radius 1 is 1.23 bits per heavy atom. The third kappa shape index (κ3) is 6.86. The summed E-state index contributed by atoms with van der Waals surface area (Å²) in [6, 6.07) is 1.80. The molecule has 0 radical (unpaired) electrons. The standard InChI is InChI=1S/C16H21F3N2O2.C4H4O4/c1-22-8-6-21-7-9-23-13-10-11-2-4-20-5-3-12(11)14(15(13)21)16(17,18)19;5-3(6)1-2-4(7)8/h10,20H,2-9H2,1H3;1-2H,(H,5,6)(H,7,8)/b;2-1+. The van der Waals surface area contributed by atoms with Gasteiger partial charge in [-0.2, -0.15) is 13.2 Å². The highest BCUT2D eigenvalue weighted by molar-refractivity contribution is 5.89. The Morgan fingerprint density at radius 3 is 2.45 bits per heavy atom. The molecular formula is C20H25F3N2O6. The average Bonchev–Trinajstić information content (AvgIpc) is 2.93. The summed E-state index contributed by atoms with van der Waals surface area (Å²) in [5.74, 6) is -2.17. The first-order chi connectivity index (χ1) is 14.6. The van der Waals surface area contributed by atoms with Gasteiger partial charge in [0.05, 0.1) is 24.4 Å². The average molecular weight is 446 g/mol. The van der Waals surface area contributed by atoms with Crippen molar-refractivity contribution in [1.82, 2.24) is 5.32 Å². The third-order valence-electron chi connectivity index (χ3n) is 4.74. The van der Waals surface area contributed by atoms with Gasteiger partial charge in [0.2, 0.25) is 0 Å². The van der Waals surface area contributed by atoms with Gasteiger partial charge in [-0.15, -0.1) is 0 Å². The van der Waals surface area contributed by atoms with E-state index in [9.17, 15) is 22.8 Å². The molecule has 0 amide bonds. The number of benzene rings is 1. The van der Waals surface area contributed by atoms with E-state index in [0.29, 0.717) is 75.7 Å². The lowest BCUT2D eigenvalue weighted by Crippen LogP contribution is -2.37. The summed E-state index contributed by atoms with van der Waals surface area (Å²) in [6.45, 7) is 2.90. The second-order valence-corrected chi connectivity index (χ2v) is 6.82. The minimum Gasteiger partial charge on any atom is -0.490 e. The number of hydrogen-bond acceptors (Lipinski definition) is 6. The van der Waals surface area contributed by atoms with Crippen LogP contribution in [0.25, 0.3) is 0 Å². The number of anilines is 1. The molecule has 3 N–H and O–H groups in total. The Hall–Kier alpha value is -2.79. The van der Waals surface area contributed by atoms with Crippen molar-refractivity contribution >= 4 is 17.6 Å². The summed E-state index contributed by atoms with van der Waals surface area (Å²) in [5.41, 5.74) is 0.815. The molecule has 2 aliphatic heterocycles. The fourth-order valence-corrected chi connectivity index (χ4v) is 3.49. The second kappa shape index (κ2) is 11.0. The van der Waals surface area contributed by atoms with Crippen LogP contribution in [0.4, 0.5) is 18.9 Å². The van der Waals surface area contributed by atoms with Crippen molar-refractivity contribution in [3.8, 4) is 5.75 Å². The van der Waals surface area contributed by atoms with Crippen LogP contribution < -0.4 is 15.0 Å². The minimum absolute atomic E-state index is 0.182. The largest absolute Gasteiger partial charge is 0.490 e. The van der Waals surface area contributed by atoms with Crippen LogP contribution in [0.2, 0.25) is 0 Å². The first-order valence-electron chi connectivity index (χ1n) is 9.62. The zero-order valence-electron chi connectivity index (χ0n) is 17.0. The second-order valence-electron chi connectivity index (χ2n) is 6.82. The molecule has 3 rings (SSSR count). The van der Waals surface area contributed by atoms with Crippen molar-refractivity contribution in [1.29, 1.82) is 0 Å². The summed E-state index contributed by atoms with van der Waals surface area (Å²) in [7, 11) is 1.55. The minimum atomic E-state index is -4.40. The van der Waals surface area contributed by atoms with Gasteiger partial charge in [-0.3, -0.25) is 0 Å². The number of ether oxygens (including phenoxy) is 2. The zero-order chi connectivity index (χ0) is 23.0. The predicted molar refractivity (Wildman–Crippen MR) is 106 cm³/mol. The molecule has 2 heterocycles. The van der Waals surface area contributed by atoms with Gasteiger partial charge in [-0.05, 0) is 43.1 Å². The molecule has 0 fully saturated rings. The van der Waals surface area contributed by atoms with Crippen LogP contribution in [-0.2, 0) is 33.3 Å². The number of aliphatic carboxylic acids is 2. The van der Waals surface area contributed by atoms with Gasteiger partial charge < -0.3 is 29.9 Å². The lowest BCUT2D eigenvalue weighted by Gasteiger charge is -2.35. The highest BCUT2D eigenvalue weighted by Crippen LogP contribution is 2.47. The Kier molecular flexibility index (Phi) is 8.69. The number of fused-ring (bicyclic) bond motifs is 2. The maximum absolute atomic E-state index is 13.9. The van der Waals surface area contributed by atoms with Gasteiger partial charge in [0, 0.05) is 25.8 Å². The van der Waals surface area contributed by atoms with Crippen molar-refractivity contribution < 1.29 is 42.4 Å². The third-order valence-corrected chi connectivity index (χ3v) is 4.74. The molecule has 1 aromatic rings. The number of nitrogens with one attached hydrogen (secondary N) is 1. The normalized spacial score (nSPS) is 15.8. The first-order valence-corrected chi connectivity index (χ1v) is 9.62. The molecule has 31 heavy (non-hydrogen) atoms. The summed E-state index contributed by atoms with van der Waals surface area (Å²) >= 11 is 0. The van der Waals surface area contributed by atoms with Gasteiger partial charge >= 0.3 is 18.1 Å². The van der Waals surface area contributed by atoms with E-state index < -0.39 is 23.7 Å². The number of carboxylic acid groups (broad SMARTS) is 2. The van der Waals surface area contributed by atoms with E-state index in [1.165, 1.54) is 0 Å². The number of rotatable bonds is 5. The molecule has 0 unspecified atom stereocenters. The first kappa shape index (κ1) is 24.5. The van der Waals surface area contributed by atoms with E-state index in [2.05, 4.69) is 5.32 Å². The molecule has 0 bridgehead atoms. The van der Waals surface area contributed by atoms with Crippen LogP contribution in [0.3, 0.4) is 0 Å². The number of nitrogens with zero attached hydrogens (tertiary/aromatic N) is 1. The maximum atomic E-state index is 13.9. The van der Waals surface area contributed by atoms with Crippen molar-refractivity contribution in [2.45, 2.75) is 19.0 Å². The number of halogens is 3. The maximum Gasteiger partial charge on any atom is 0.418 e. The summed E-state index contributed by atoms with van der Waals surface area (Å²) in [6.07, 6.45) is -2.31. The Balaban J connectivity index is 0.000000366. The summed E-state index contributed by atoms with van der Waals surface area (Å²) in [5, 5.41) is 18.8. The molecular weight excluding hydrogens is 421 g/mol. The van der Waals surface area contributed by atoms with Crippen LogP contribution in [0.15, 0.2) is 18.2 Å². The Labute approximate surface area is 177 Å². The molecule has 1 aromatic carbocycles. The van der Waals surface area contributed by atoms with E-state index in [1.807, 2.05) is 0 Å². The summed E-state index contributed by atoms with van der Waals surface area (Å²) in [4.78, 5) is 20.8. The quantitative estimate of drug-likeness (QED) is 0.589. The fraction of sp³-hybridized carbons (Fsp3) is 0.500. The molecule has 0 spiro atoms. The van der Waals surface area contributed by atoms with Crippen LogP contribution in [0, 0.1) is 0 Å². The Morgan fingerprint density at radius 2 is 1.87 bits per heavy atom. The topological polar surface area (TPSA) is 108 Å². The van der Waals surface area contributed by atoms with Crippen molar-refractivity contribution in [2.75, 3.05) is 51.4 Å². The highest BCUT2D eigenvalue weighted by Gasteiger charge is 2.41. The van der Waals surface area contributed by atoms with Crippen LogP contribution >= 0.6 is 0 Å². The lowest BCUT2D eigenvalue weighted by molar-refractivity contribution is -0.138. The van der Waals surface area contributed by atoms with E-state index in [4.69, 9.17) is 19.7 Å². The molecule has 0 saturated heterocycles. The number of carboxylic acids is 2. The number of hydrogen-bond donors (Lipinski definition) is 3. The van der Waals surface area contributed by atoms with Crippen LogP contribution in [0.1, 0.15) is 16.7 Å². The van der Waals surface area contributed by atoms with Crippen LogP contribution in [-0.4, -0.2) is 68.7 Å². The molecule has 0 aliphatic carbocycles. The Bertz CT molecular complexity index is 810. The van der Waals surface area contributed by atoms with E-state index in [-0.39, 0.29) is 5.69 Å². The molecule has 0 aromatic heterocycles. The van der Waals surface area contributed by atoms with Gasteiger partial charge in [-0.25, -0.2) is 9.59 Å². The molecule has 2 aliphatic rings. The van der Waals surface area contributed by atoms with Crippen LogP contribution in [0.5, 0.6) is 5.75 Å². The van der Waals surface area contributed by atoms with Gasteiger partial charge in [-0.1, -0.05) is 0 Å². The number of alkyl halides is 3. The molecule has 8 nitrogen and oxygen atoms in total. The van der Waals surface area contributed by atoms with E-state index in [0.717, 1.165) is 5.56 Å². The van der Waals surface area contributed by atoms with Crippen molar-refractivity contribution in [3.05, 3.63) is 34.9 Å². The van der Waals surface area contributed by atoms with Crippen molar-refractivity contribution in [2.24, 2.45) is 0 Å². The highest BCUT2D eigenvalue weighted by atomic mass is 19.4. The number of methoxy groups -OCH3 is 1. The molecule has 172 valence electrons. The van der Waals surface area contributed by atoms with E-state index >= 15 is 0 Å². The SMILES string of the molecule is COCCN1CCOc2cc3c(c(C(F)(F)F)c21)CCNCC3.O=C(O)/C=C/C(=O)O. The van der Waals surface area contributed by atoms with Crippen molar-refractivity contribution in [3.63, 3.8) is 0 Å². The van der Waals surface area contributed by atoms with Gasteiger partial charge in [0.25, 0.3) is 0 Å². The summed E-state index contributed by atoms with van der Waals surface area (Å²) < 4.78 is 52.2. The zero-order valence-corrected chi connectivity index (χ0v) is 17.0. The molecule has 11 heteroatoms. The van der Waals surface area contributed by atoms with Gasteiger partial charge in [0.15, 0.2) is 0 Å². The fourth-order valence-electron chi connectivity index (χ4n) is 3.49.